The molecule has 2 aliphatic carbocycles. The third kappa shape index (κ3) is 6.05. The summed E-state index contributed by atoms with van der Waals surface area (Å²) in [5.41, 5.74) is -1.33. The maximum Gasteiger partial charge on any atom is 0.416 e. The van der Waals surface area contributed by atoms with Gasteiger partial charge >= 0.3 is 18.2 Å². The Balaban J connectivity index is 1.63. The fraction of sp³-hybridized carbons (Fsp3) is 0.367. The van der Waals surface area contributed by atoms with Crippen LogP contribution in [0, 0.1) is 23.6 Å². The van der Waals surface area contributed by atoms with E-state index in [2.05, 4.69) is 38.2 Å². The molecule has 2 fully saturated rings. The number of carbonyl (C=O) groups is 2. The van der Waals surface area contributed by atoms with Gasteiger partial charge in [-0.15, -0.1) is 0 Å². The maximum atomic E-state index is 14.9. The number of rotatable bonds is 8. The molecule has 2 bridgehead atoms. The van der Waals surface area contributed by atoms with Gasteiger partial charge in [-0.3, -0.25) is 9.78 Å². The first-order chi connectivity index (χ1) is 19.5. The van der Waals surface area contributed by atoms with Gasteiger partial charge in [-0.05, 0) is 72.1 Å². The summed E-state index contributed by atoms with van der Waals surface area (Å²) in [7, 11) is 0. The molecule has 0 aliphatic heterocycles. The molecule has 0 saturated heterocycles. The fourth-order valence-electron chi connectivity index (χ4n) is 6.41. The van der Waals surface area contributed by atoms with Crippen LogP contribution in [0.5, 0.6) is 0 Å². The number of aliphatic carboxylic acids is 1. The number of hydrogen-bond acceptors (Lipinski definition) is 3. The largest absolute Gasteiger partial charge is 0.481 e. The lowest BCUT2D eigenvalue weighted by molar-refractivity contribution is -0.144. The smallest absolute Gasteiger partial charge is 0.416 e. The predicted octanol–water partition coefficient (Wildman–Crippen LogP) is 6.46. The van der Waals surface area contributed by atoms with Crippen molar-refractivity contribution < 1.29 is 32.3 Å². The first-order valence-corrected chi connectivity index (χ1v) is 14.8. The van der Waals surface area contributed by atoms with Crippen molar-refractivity contribution in [2.75, 3.05) is 0 Å². The molecule has 0 unspecified atom stereocenters. The molecule has 11 heteroatoms. The molecule has 2 saturated carbocycles. The van der Waals surface area contributed by atoms with Crippen molar-refractivity contribution in [2.24, 2.45) is 17.8 Å². The van der Waals surface area contributed by atoms with E-state index < -0.39 is 47.1 Å². The summed E-state index contributed by atoms with van der Waals surface area (Å²) in [4.78, 5) is 30.3. The van der Waals surface area contributed by atoms with Gasteiger partial charge in [0.2, 0.25) is 0 Å². The topological polar surface area (TPSA) is 91.3 Å². The van der Waals surface area contributed by atoms with Crippen LogP contribution >= 0.6 is 22.6 Å². The number of nitrogens with one attached hydrogen (secondary N) is 2. The van der Waals surface area contributed by atoms with E-state index in [9.17, 15) is 32.3 Å². The zero-order valence-electron chi connectivity index (χ0n) is 21.8. The monoisotopic (exact) mass is 681 g/mol. The Morgan fingerprint density at radius 2 is 1.68 bits per heavy atom. The minimum atomic E-state index is -4.84. The Bertz CT molecular complexity index is 1420. The zero-order valence-corrected chi connectivity index (χ0v) is 24.0. The summed E-state index contributed by atoms with van der Waals surface area (Å²) < 4.78 is 57.1. The number of urea groups is 1. The number of carbonyl (C=O) groups excluding carboxylic acids is 1. The Hall–Kier alpha value is -3.22. The number of benzene rings is 2. The number of carboxylic acid groups (broad SMARTS) is 1. The summed E-state index contributed by atoms with van der Waals surface area (Å²) in [5.74, 6) is -2.92. The Kier molecular flexibility index (Phi) is 8.27. The molecule has 0 spiro atoms. The minimum Gasteiger partial charge on any atom is -0.481 e. The van der Waals surface area contributed by atoms with Crippen molar-refractivity contribution in [1.82, 2.24) is 15.6 Å². The number of hydrogen-bond donors (Lipinski definition) is 3. The third-order valence-electron chi connectivity index (χ3n) is 8.27. The molecule has 0 radical (unpaired) electrons. The van der Waals surface area contributed by atoms with Crippen molar-refractivity contribution in [2.45, 2.75) is 47.9 Å². The van der Waals surface area contributed by atoms with E-state index in [4.69, 9.17) is 0 Å². The number of alkyl halides is 4. The van der Waals surface area contributed by atoms with Gasteiger partial charge < -0.3 is 15.7 Å². The van der Waals surface area contributed by atoms with Gasteiger partial charge in [0.05, 0.1) is 17.2 Å². The second kappa shape index (κ2) is 11.6. The van der Waals surface area contributed by atoms with Crippen molar-refractivity contribution in [3.05, 3.63) is 101 Å². The van der Waals surface area contributed by atoms with Crippen LogP contribution in [-0.2, 0) is 27.4 Å². The van der Waals surface area contributed by atoms with Crippen LogP contribution in [0.25, 0.3) is 0 Å². The van der Waals surface area contributed by atoms with Crippen molar-refractivity contribution in [3.8, 4) is 0 Å². The molecule has 3 N–H and O–H groups in total. The summed E-state index contributed by atoms with van der Waals surface area (Å²) in [5, 5.41) is 15.5. The molecule has 41 heavy (non-hydrogen) atoms. The molecule has 1 heterocycles. The first kappa shape index (κ1) is 29.3. The fourth-order valence-corrected chi connectivity index (χ4v) is 6.87. The van der Waals surface area contributed by atoms with Crippen LogP contribution in [-0.4, -0.2) is 28.1 Å². The SMILES string of the molecule is O=C(N[C@@H]1[C@H]2CC[C@H](C2)[C@@H]1C(=O)O)N[C@@](Cc1ccccc1)(c1cc(F)cc(C(F)(F)F)c1)c1ccc(CI)cn1. The molecule has 2 amide bonds. The highest BCUT2D eigenvalue weighted by molar-refractivity contribution is 14.1. The van der Waals surface area contributed by atoms with Crippen LogP contribution < -0.4 is 10.6 Å². The van der Waals surface area contributed by atoms with Gasteiger partial charge in [0.15, 0.2) is 0 Å². The lowest BCUT2D eigenvalue weighted by Gasteiger charge is -2.37. The van der Waals surface area contributed by atoms with Crippen molar-refractivity contribution in [3.63, 3.8) is 0 Å². The molecular weight excluding hydrogens is 653 g/mol. The highest BCUT2D eigenvalue weighted by Gasteiger charge is 2.52. The van der Waals surface area contributed by atoms with Gasteiger partial charge in [-0.2, -0.15) is 13.2 Å². The van der Waals surface area contributed by atoms with Gasteiger partial charge in [-0.1, -0.05) is 59.0 Å². The van der Waals surface area contributed by atoms with Crippen LogP contribution in [0.3, 0.4) is 0 Å². The van der Waals surface area contributed by atoms with E-state index in [1.807, 2.05) is 0 Å². The Morgan fingerprint density at radius 3 is 2.32 bits per heavy atom. The van der Waals surface area contributed by atoms with E-state index in [0.717, 1.165) is 30.5 Å². The van der Waals surface area contributed by atoms with E-state index in [1.165, 1.54) is 0 Å². The van der Waals surface area contributed by atoms with Gasteiger partial charge in [0, 0.05) is 23.1 Å². The zero-order chi connectivity index (χ0) is 29.4. The number of carboxylic acids is 1. The van der Waals surface area contributed by atoms with Gasteiger partial charge in [-0.25, -0.2) is 9.18 Å². The van der Waals surface area contributed by atoms with Crippen LogP contribution in [0.2, 0.25) is 0 Å². The number of pyridine rings is 1. The van der Waals surface area contributed by atoms with E-state index in [0.29, 0.717) is 22.5 Å². The predicted molar refractivity (Wildman–Crippen MR) is 152 cm³/mol. The van der Waals surface area contributed by atoms with Crippen LogP contribution in [0.1, 0.15) is 47.2 Å². The van der Waals surface area contributed by atoms with Crippen LogP contribution in [0.4, 0.5) is 22.4 Å². The standard InChI is InChI=1S/C30H28F4IN3O3/c31-23-12-21(11-22(13-23)30(32,33)34)29(14-17-4-2-1-3-5-17,24-9-6-18(15-35)16-36-24)38-28(41)37-26-20-8-7-19(10-20)25(26)27(39)40/h1-6,9,11-13,16,19-20,25-26H,7-8,10,14-15H2,(H,39,40)(H2,37,38,41)/t19-,20+,25+,26-,29+/m1/s1. The summed E-state index contributed by atoms with van der Waals surface area (Å²) in [6.45, 7) is 0. The van der Waals surface area contributed by atoms with Gasteiger partial charge in [0.1, 0.15) is 11.4 Å². The lowest BCUT2D eigenvalue weighted by atomic mass is 9.79. The highest BCUT2D eigenvalue weighted by atomic mass is 127. The van der Waals surface area contributed by atoms with E-state index in [-0.39, 0.29) is 29.5 Å². The highest BCUT2D eigenvalue weighted by Crippen LogP contribution is 2.48. The second-order valence-corrected chi connectivity index (χ2v) is 11.6. The number of fused-ring (bicyclic) bond motifs is 2. The summed E-state index contributed by atoms with van der Waals surface area (Å²) >= 11 is 2.15. The molecule has 1 aromatic heterocycles. The minimum absolute atomic E-state index is 0.0116. The number of aromatic nitrogens is 1. The molecule has 5 atom stereocenters. The molecular formula is C30H28F4IN3O3. The van der Waals surface area contributed by atoms with Gasteiger partial charge in [0.25, 0.3) is 0 Å². The van der Waals surface area contributed by atoms with E-state index in [1.54, 1.807) is 48.7 Å². The lowest BCUT2D eigenvalue weighted by Crippen LogP contribution is -2.57. The average molecular weight is 681 g/mol. The van der Waals surface area contributed by atoms with Crippen molar-refractivity contribution >= 4 is 34.6 Å². The molecule has 2 aromatic carbocycles. The Morgan fingerprint density at radius 1 is 0.976 bits per heavy atom. The van der Waals surface area contributed by atoms with Crippen LogP contribution in [0.15, 0.2) is 66.9 Å². The normalized spacial score (nSPS) is 23.1. The third-order valence-corrected chi connectivity index (χ3v) is 9.15. The van der Waals surface area contributed by atoms with Crippen molar-refractivity contribution in [1.29, 1.82) is 0 Å². The quantitative estimate of drug-likeness (QED) is 0.145. The summed E-state index contributed by atoms with van der Waals surface area (Å²) in [6.07, 6.45) is -1.06. The number of halogens is 5. The number of nitrogens with zero attached hydrogens (tertiary/aromatic N) is 1. The maximum absolute atomic E-state index is 14.9. The van der Waals surface area contributed by atoms with E-state index >= 15 is 0 Å². The summed E-state index contributed by atoms with van der Waals surface area (Å²) in [6, 6.07) is 13.0. The number of amides is 2. The molecule has 5 rings (SSSR count). The molecule has 6 nitrogen and oxygen atoms in total. The second-order valence-electron chi connectivity index (χ2n) is 10.8. The average Bonchev–Trinajstić information content (AvgIpc) is 3.54. The molecule has 216 valence electrons. The molecule has 3 aromatic rings. The Labute approximate surface area is 248 Å². The molecule has 2 aliphatic rings. The first-order valence-electron chi connectivity index (χ1n) is 13.2.